The zero-order valence-corrected chi connectivity index (χ0v) is 28.4. The van der Waals surface area contributed by atoms with E-state index in [9.17, 15) is 0 Å². The molecule has 2 atom stereocenters. The summed E-state index contributed by atoms with van der Waals surface area (Å²) < 4.78 is 2.74. The number of rotatable bonds is 6. The summed E-state index contributed by atoms with van der Waals surface area (Å²) >= 11 is 1.91. The molecule has 4 aromatic carbocycles. The predicted octanol–water partition coefficient (Wildman–Crippen LogP) is 12.2. The molecular formula is C46H38N2S. The summed E-state index contributed by atoms with van der Waals surface area (Å²) in [6.07, 6.45) is 24.6. The number of allylic oxidation sites excluding steroid dienone is 9. The Bertz CT molecular complexity index is 2320. The van der Waals surface area contributed by atoms with Gasteiger partial charge in [-0.2, -0.15) is 0 Å². The summed E-state index contributed by atoms with van der Waals surface area (Å²) in [4.78, 5) is 10.4. The van der Waals surface area contributed by atoms with E-state index in [1.54, 1.807) is 0 Å². The van der Waals surface area contributed by atoms with Gasteiger partial charge in [-0.15, -0.1) is 11.3 Å². The first kappa shape index (κ1) is 30.0. The summed E-state index contributed by atoms with van der Waals surface area (Å²) in [6, 6.07) is 35.7. The maximum atomic E-state index is 5.29. The number of thiophene rings is 1. The molecule has 2 unspecified atom stereocenters. The van der Waals surface area contributed by atoms with Crippen LogP contribution < -0.4 is 0 Å². The minimum atomic E-state index is 0.154. The van der Waals surface area contributed by atoms with Crippen molar-refractivity contribution in [1.82, 2.24) is 0 Å². The van der Waals surface area contributed by atoms with E-state index >= 15 is 0 Å². The second-order valence-corrected chi connectivity index (χ2v) is 14.5. The van der Waals surface area contributed by atoms with Crippen molar-refractivity contribution < 1.29 is 0 Å². The van der Waals surface area contributed by atoms with Crippen LogP contribution in [0.1, 0.15) is 60.8 Å². The van der Waals surface area contributed by atoms with Crippen molar-refractivity contribution in [3.8, 4) is 0 Å². The van der Waals surface area contributed by atoms with E-state index in [0.717, 1.165) is 55.6 Å². The summed E-state index contributed by atoms with van der Waals surface area (Å²) in [5.41, 5.74) is 11.6. The van der Waals surface area contributed by atoms with Gasteiger partial charge in [0.25, 0.3) is 0 Å². The third kappa shape index (κ3) is 5.94. The Balaban J connectivity index is 0.954. The minimum Gasteiger partial charge on any atom is -0.262 e. The average molecular weight is 651 g/mol. The van der Waals surface area contributed by atoms with Crippen molar-refractivity contribution in [1.29, 1.82) is 0 Å². The Hall–Kier alpha value is -5.12. The smallest absolute Gasteiger partial charge is 0.154 e. The van der Waals surface area contributed by atoms with Crippen LogP contribution in [0.4, 0.5) is 0 Å². The van der Waals surface area contributed by atoms with Crippen LogP contribution in [0.5, 0.6) is 0 Å². The van der Waals surface area contributed by atoms with Gasteiger partial charge in [0.1, 0.15) is 0 Å². The number of amidine groups is 1. The molecule has 0 radical (unpaired) electrons. The first-order valence-electron chi connectivity index (χ1n) is 17.6. The third-order valence-electron chi connectivity index (χ3n) is 10.3. The van der Waals surface area contributed by atoms with E-state index in [4.69, 9.17) is 9.98 Å². The molecule has 0 N–H and O–H groups in total. The van der Waals surface area contributed by atoms with Crippen molar-refractivity contribution in [2.24, 2.45) is 15.9 Å². The van der Waals surface area contributed by atoms with Crippen molar-refractivity contribution in [2.75, 3.05) is 0 Å². The average Bonchev–Trinajstić information content (AvgIpc) is 3.58. The molecule has 9 rings (SSSR count). The van der Waals surface area contributed by atoms with E-state index < -0.39 is 0 Å². The third-order valence-corrected chi connectivity index (χ3v) is 11.6. The Morgan fingerprint density at radius 3 is 2.31 bits per heavy atom. The molecule has 0 fully saturated rings. The zero-order chi connectivity index (χ0) is 32.6. The number of aliphatic imine (C=N–C) groups is 2. The van der Waals surface area contributed by atoms with Crippen LogP contribution in [-0.4, -0.2) is 17.6 Å². The number of fused-ring (bicyclic) bond motifs is 3. The fourth-order valence-corrected chi connectivity index (χ4v) is 8.99. The Labute approximate surface area is 292 Å². The molecule has 49 heavy (non-hydrogen) atoms. The summed E-state index contributed by atoms with van der Waals surface area (Å²) in [5.74, 6) is 1.21. The first-order chi connectivity index (χ1) is 24.3. The van der Waals surface area contributed by atoms with Gasteiger partial charge in [-0.25, -0.2) is 4.99 Å². The highest BCUT2D eigenvalue weighted by Gasteiger charge is 2.28. The maximum absolute atomic E-state index is 5.29. The fourth-order valence-electron chi connectivity index (χ4n) is 7.75. The van der Waals surface area contributed by atoms with E-state index in [1.807, 2.05) is 11.3 Å². The Morgan fingerprint density at radius 1 is 0.653 bits per heavy atom. The highest BCUT2D eigenvalue weighted by Crippen LogP contribution is 2.41. The lowest BCUT2D eigenvalue weighted by molar-refractivity contribution is 0.520. The van der Waals surface area contributed by atoms with Crippen LogP contribution in [0, 0.1) is 5.92 Å². The standard InChI is InChI=1S/C46H38N2S/c1-3-12-33(13-4-1)42-30-43(48-46(47-42)34-14-5-2-6-15-34)38-19-10-17-36(29-38)32-26-24-31(25-27-32)35-16-9-18-37(28-35)39-21-11-22-41-40-20-7-8-23-44(40)49-45(39)41/h1,3-5,7-8,10-15,17-28,38,43H,2,6,9,16,29-30H2. The summed E-state index contributed by atoms with van der Waals surface area (Å²) in [6.45, 7) is 0. The number of hydrogen-bond donors (Lipinski definition) is 0. The van der Waals surface area contributed by atoms with Gasteiger partial charge in [0.05, 0.1) is 11.8 Å². The molecule has 1 aromatic heterocycles. The molecule has 0 amide bonds. The second kappa shape index (κ2) is 13.1. The molecule has 0 spiro atoms. The molecule has 0 saturated carbocycles. The van der Waals surface area contributed by atoms with Gasteiger partial charge < -0.3 is 0 Å². The van der Waals surface area contributed by atoms with Gasteiger partial charge in [-0.05, 0) is 77.1 Å². The molecule has 0 saturated heterocycles. The molecular weight excluding hydrogens is 613 g/mol. The molecule has 4 aliphatic rings. The van der Waals surface area contributed by atoms with Crippen LogP contribution in [0.3, 0.4) is 0 Å². The van der Waals surface area contributed by atoms with Crippen LogP contribution >= 0.6 is 11.3 Å². The summed E-state index contributed by atoms with van der Waals surface area (Å²) in [7, 11) is 0. The highest BCUT2D eigenvalue weighted by molar-refractivity contribution is 7.26. The van der Waals surface area contributed by atoms with Crippen LogP contribution in [0.15, 0.2) is 161 Å². The lowest BCUT2D eigenvalue weighted by atomic mass is 9.82. The van der Waals surface area contributed by atoms with Gasteiger partial charge in [-0.1, -0.05) is 140 Å². The van der Waals surface area contributed by atoms with Gasteiger partial charge in [0, 0.05) is 38.1 Å². The first-order valence-corrected chi connectivity index (χ1v) is 18.5. The molecule has 0 bridgehead atoms. The maximum Gasteiger partial charge on any atom is 0.154 e. The minimum absolute atomic E-state index is 0.154. The van der Waals surface area contributed by atoms with E-state index in [2.05, 4.69) is 146 Å². The molecule has 1 aliphatic heterocycles. The van der Waals surface area contributed by atoms with Crippen LogP contribution in [0.25, 0.3) is 36.9 Å². The van der Waals surface area contributed by atoms with Gasteiger partial charge in [0.2, 0.25) is 0 Å². The number of nitrogens with zero attached hydrogens (tertiary/aromatic N) is 2. The van der Waals surface area contributed by atoms with Crippen molar-refractivity contribution >= 4 is 59.8 Å². The topological polar surface area (TPSA) is 24.7 Å². The quantitative estimate of drug-likeness (QED) is 0.175. The zero-order valence-electron chi connectivity index (χ0n) is 27.6. The van der Waals surface area contributed by atoms with Gasteiger partial charge in [0.15, 0.2) is 5.84 Å². The van der Waals surface area contributed by atoms with Gasteiger partial charge >= 0.3 is 0 Å². The monoisotopic (exact) mass is 650 g/mol. The second-order valence-electron chi connectivity index (χ2n) is 13.5. The Morgan fingerprint density at radius 2 is 1.45 bits per heavy atom. The normalized spacial score (nSPS) is 20.7. The van der Waals surface area contributed by atoms with E-state index in [0.29, 0.717) is 5.92 Å². The van der Waals surface area contributed by atoms with E-state index in [-0.39, 0.29) is 6.04 Å². The lowest BCUT2D eigenvalue weighted by Gasteiger charge is -2.29. The predicted molar refractivity (Wildman–Crippen MR) is 211 cm³/mol. The highest BCUT2D eigenvalue weighted by atomic mass is 32.1. The largest absolute Gasteiger partial charge is 0.262 e. The molecule has 2 heterocycles. The fraction of sp³-hybridized carbons (Fsp3) is 0.174. The van der Waals surface area contributed by atoms with Crippen LogP contribution in [0.2, 0.25) is 0 Å². The van der Waals surface area contributed by atoms with Crippen molar-refractivity contribution in [3.63, 3.8) is 0 Å². The number of benzene rings is 4. The van der Waals surface area contributed by atoms with Crippen molar-refractivity contribution in [2.45, 2.75) is 44.6 Å². The molecule has 3 heteroatoms. The van der Waals surface area contributed by atoms with E-state index in [1.165, 1.54) is 59.1 Å². The van der Waals surface area contributed by atoms with Crippen LogP contribution in [-0.2, 0) is 0 Å². The Kier molecular flexibility index (Phi) is 7.99. The molecule has 238 valence electrons. The molecule has 2 nitrogen and oxygen atoms in total. The van der Waals surface area contributed by atoms with Gasteiger partial charge in [-0.3, -0.25) is 4.99 Å². The SMILES string of the molecule is C1=CC(C2CC(c3ccccc3)=NC(C3=CCCC=C3)=N2)CC(c2ccc(C3=CC(c4cccc5c4sc4ccccc45)=CCC3)cc2)=C1. The molecule has 5 aromatic rings. The molecule has 3 aliphatic carbocycles. The summed E-state index contributed by atoms with van der Waals surface area (Å²) in [5, 5.41) is 2.72. The van der Waals surface area contributed by atoms with Crippen molar-refractivity contribution in [3.05, 3.63) is 173 Å². The number of hydrogen-bond acceptors (Lipinski definition) is 3. The lowest BCUT2D eigenvalue weighted by Crippen LogP contribution is -2.28.